The Labute approximate surface area is 99.3 Å². The Balaban J connectivity index is 2.00. The first-order chi connectivity index (χ1) is 8.16. The van der Waals surface area contributed by atoms with E-state index in [4.69, 9.17) is 4.74 Å². The van der Waals surface area contributed by atoms with Gasteiger partial charge in [0.2, 0.25) is 0 Å². The number of amides is 1. The van der Waals surface area contributed by atoms with E-state index in [1.54, 1.807) is 0 Å². The standard InChI is InChI=1S/C13H14FNO2/c1-9(14)13(16)15-11-7-6-10-4-2-3-5-12(10)17-8-11/h2-5,11H,1,6-8H2,(H,15,16). The fourth-order valence-corrected chi connectivity index (χ4v) is 1.83. The molecule has 2 rings (SSSR count). The van der Waals surface area contributed by atoms with E-state index in [1.807, 2.05) is 24.3 Å². The van der Waals surface area contributed by atoms with Gasteiger partial charge < -0.3 is 10.1 Å². The van der Waals surface area contributed by atoms with Gasteiger partial charge in [0.25, 0.3) is 5.91 Å². The number of para-hydroxylation sites is 1. The lowest BCUT2D eigenvalue weighted by Crippen LogP contribution is -2.38. The van der Waals surface area contributed by atoms with Crippen molar-refractivity contribution in [1.82, 2.24) is 5.32 Å². The summed E-state index contributed by atoms with van der Waals surface area (Å²) >= 11 is 0. The second-order valence-corrected chi connectivity index (χ2v) is 4.03. The van der Waals surface area contributed by atoms with Crippen LogP contribution in [0.25, 0.3) is 0 Å². The molecule has 1 aromatic rings. The van der Waals surface area contributed by atoms with Crippen LogP contribution in [0.2, 0.25) is 0 Å². The smallest absolute Gasteiger partial charge is 0.279 e. The van der Waals surface area contributed by atoms with Crippen molar-refractivity contribution in [2.45, 2.75) is 18.9 Å². The van der Waals surface area contributed by atoms with Crippen LogP contribution in [-0.4, -0.2) is 18.6 Å². The minimum Gasteiger partial charge on any atom is -0.491 e. The fourth-order valence-electron chi connectivity index (χ4n) is 1.83. The van der Waals surface area contributed by atoms with E-state index in [2.05, 4.69) is 11.9 Å². The van der Waals surface area contributed by atoms with Crippen LogP contribution >= 0.6 is 0 Å². The number of hydrogen-bond donors (Lipinski definition) is 1. The average molecular weight is 235 g/mol. The summed E-state index contributed by atoms with van der Waals surface area (Å²) in [7, 11) is 0. The van der Waals surface area contributed by atoms with Crippen LogP contribution in [-0.2, 0) is 11.2 Å². The number of rotatable bonds is 2. The number of ether oxygens (including phenoxy) is 1. The van der Waals surface area contributed by atoms with E-state index in [-0.39, 0.29) is 6.04 Å². The first kappa shape index (κ1) is 11.6. The van der Waals surface area contributed by atoms with Crippen molar-refractivity contribution in [2.24, 2.45) is 0 Å². The summed E-state index contributed by atoms with van der Waals surface area (Å²) in [4.78, 5) is 11.2. The van der Waals surface area contributed by atoms with Crippen LogP contribution in [0.1, 0.15) is 12.0 Å². The molecule has 0 saturated heterocycles. The summed E-state index contributed by atoms with van der Waals surface area (Å²) in [5.74, 6) is -0.889. The minimum atomic E-state index is -0.966. The summed E-state index contributed by atoms with van der Waals surface area (Å²) in [5.41, 5.74) is 1.11. The molecular weight excluding hydrogens is 221 g/mol. The van der Waals surface area contributed by atoms with Crippen LogP contribution in [0.5, 0.6) is 5.75 Å². The maximum absolute atomic E-state index is 12.6. The number of benzene rings is 1. The van der Waals surface area contributed by atoms with E-state index >= 15 is 0 Å². The van der Waals surface area contributed by atoms with Crippen LogP contribution in [0, 0.1) is 0 Å². The maximum atomic E-state index is 12.6. The topological polar surface area (TPSA) is 38.3 Å². The van der Waals surface area contributed by atoms with Crippen LogP contribution in [0.15, 0.2) is 36.7 Å². The predicted octanol–water partition coefficient (Wildman–Crippen LogP) is 1.98. The third-order valence-corrected chi connectivity index (χ3v) is 2.76. The van der Waals surface area contributed by atoms with Gasteiger partial charge in [-0.15, -0.1) is 0 Å². The molecule has 4 heteroatoms. The summed E-state index contributed by atoms with van der Waals surface area (Å²) in [6.45, 7) is 3.32. The Morgan fingerprint density at radius 1 is 1.47 bits per heavy atom. The van der Waals surface area contributed by atoms with E-state index in [9.17, 15) is 9.18 Å². The lowest BCUT2D eigenvalue weighted by atomic mass is 10.1. The molecule has 1 atom stereocenters. The van der Waals surface area contributed by atoms with Gasteiger partial charge in [0, 0.05) is 0 Å². The van der Waals surface area contributed by atoms with Crippen molar-refractivity contribution < 1.29 is 13.9 Å². The lowest BCUT2D eigenvalue weighted by molar-refractivity contribution is -0.119. The third-order valence-electron chi connectivity index (χ3n) is 2.76. The molecule has 1 unspecified atom stereocenters. The number of carbonyl (C=O) groups is 1. The highest BCUT2D eigenvalue weighted by Crippen LogP contribution is 2.23. The van der Waals surface area contributed by atoms with Crippen molar-refractivity contribution in [3.8, 4) is 5.75 Å². The molecule has 0 radical (unpaired) electrons. The molecule has 90 valence electrons. The van der Waals surface area contributed by atoms with E-state index < -0.39 is 11.7 Å². The highest BCUT2D eigenvalue weighted by molar-refractivity contribution is 5.90. The SMILES string of the molecule is C=C(F)C(=O)NC1CCc2ccccc2OC1. The van der Waals surface area contributed by atoms with Gasteiger partial charge in [-0.3, -0.25) is 4.79 Å². The lowest BCUT2D eigenvalue weighted by Gasteiger charge is -2.15. The molecule has 1 aliphatic rings. The molecule has 0 spiro atoms. The Bertz CT molecular complexity index is 418. The molecule has 1 N–H and O–H groups in total. The van der Waals surface area contributed by atoms with Crippen LogP contribution in [0.4, 0.5) is 4.39 Å². The molecule has 1 heterocycles. The van der Waals surface area contributed by atoms with E-state index in [0.29, 0.717) is 6.61 Å². The van der Waals surface area contributed by atoms with Gasteiger partial charge in [-0.2, -0.15) is 0 Å². The van der Waals surface area contributed by atoms with Gasteiger partial charge >= 0.3 is 0 Å². The molecule has 0 fully saturated rings. The van der Waals surface area contributed by atoms with Gasteiger partial charge in [-0.1, -0.05) is 24.8 Å². The van der Waals surface area contributed by atoms with Gasteiger partial charge in [-0.05, 0) is 24.5 Å². The predicted molar refractivity (Wildman–Crippen MR) is 62.4 cm³/mol. The molecule has 1 aromatic carbocycles. The monoisotopic (exact) mass is 235 g/mol. The molecule has 1 amide bonds. The molecule has 0 aromatic heterocycles. The number of fused-ring (bicyclic) bond motifs is 1. The van der Waals surface area contributed by atoms with Crippen molar-refractivity contribution in [3.05, 3.63) is 42.2 Å². The van der Waals surface area contributed by atoms with E-state index in [1.165, 1.54) is 0 Å². The van der Waals surface area contributed by atoms with Crippen LogP contribution in [0.3, 0.4) is 0 Å². The molecule has 17 heavy (non-hydrogen) atoms. The van der Waals surface area contributed by atoms with E-state index in [0.717, 1.165) is 24.2 Å². The van der Waals surface area contributed by atoms with Gasteiger partial charge in [0.05, 0.1) is 6.04 Å². The minimum absolute atomic E-state index is 0.178. The quantitative estimate of drug-likeness (QED) is 0.796. The number of carbonyl (C=O) groups excluding carboxylic acids is 1. The summed E-state index contributed by atoms with van der Waals surface area (Å²) in [6.07, 6.45) is 1.54. The Hall–Kier alpha value is -1.84. The zero-order valence-corrected chi connectivity index (χ0v) is 9.41. The Morgan fingerprint density at radius 3 is 3.00 bits per heavy atom. The van der Waals surface area contributed by atoms with Gasteiger partial charge in [0.1, 0.15) is 12.4 Å². The zero-order chi connectivity index (χ0) is 12.3. The average Bonchev–Trinajstić information content (AvgIpc) is 2.52. The summed E-state index contributed by atoms with van der Waals surface area (Å²) < 4.78 is 18.1. The van der Waals surface area contributed by atoms with Crippen LogP contribution < -0.4 is 10.1 Å². The van der Waals surface area contributed by atoms with Crippen molar-refractivity contribution in [2.75, 3.05) is 6.61 Å². The number of halogens is 1. The Morgan fingerprint density at radius 2 is 2.24 bits per heavy atom. The number of aryl methyl sites for hydroxylation is 1. The molecule has 0 saturated carbocycles. The Kier molecular flexibility index (Phi) is 3.42. The second-order valence-electron chi connectivity index (χ2n) is 4.03. The fraction of sp³-hybridized carbons (Fsp3) is 0.308. The molecule has 3 nitrogen and oxygen atoms in total. The molecule has 0 bridgehead atoms. The molecule has 1 aliphatic heterocycles. The first-order valence-electron chi connectivity index (χ1n) is 5.53. The molecule has 0 aliphatic carbocycles. The van der Waals surface area contributed by atoms with Crippen molar-refractivity contribution >= 4 is 5.91 Å². The summed E-state index contributed by atoms with van der Waals surface area (Å²) in [5, 5.41) is 2.55. The first-order valence-corrected chi connectivity index (χ1v) is 5.53. The highest BCUT2D eigenvalue weighted by atomic mass is 19.1. The maximum Gasteiger partial charge on any atom is 0.279 e. The summed E-state index contributed by atoms with van der Waals surface area (Å²) in [6, 6.07) is 7.56. The molecular formula is C13H14FNO2. The van der Waals surface area contributed by atoms with Crippen molar-refractivity contribution in [1.29, 1.82) is 0 Å². The number of nitrogens with one attached hydrogen (secondary N) is 1. The number of hydrogen-bond acceptors (Lipinski definition) is 2. The normalized spacial score (nSPS) is 18.5. The van der Waals surface area contributed by atoms with Gasteiger partial charge in [-0.25, -0.2) is 4.39 Å². The zero-order valence-electron chi connectivity index (χ0n) is 9.41. The van der Waals surface area contributed by atoms with Gasteiger partial charge in [0.15, 0.2) is 5.83 Å². The second kappa shape index (κ2) is 4.99. The van der Waals surface area contributed by atoms with Crippen molar-refractivity contribution in [3.63, 3.8) is 0 Å². The highest BCUT2D eigenvalue weighted by Gasteiger charge is 2.19. The third kappa shape index (κ3) is 2.84. The largest absolute Gasteiger partial charge is 0.491 e.